The van der Waals surface area contributed by atoms with Crippen LogP contribution in [0, 0.1) is 111 Å². The molecule has 0 saturated heterocycles. The fraction of sp³-hybridized carbons (Fsp3) is 0.158. The minimum atomic E-state index is 0. The quantitative estimate of drug-likeness (QED) is 0.107. The van der Waals surface area contributed by atoms with Crippen LogP contribution in [0.4, 0.5) is 0 Å². The molecule has 12 aromatic carbocycles. The second-order valence-electron chi connectivity index (χ2n) is 37.7. The molecule has 0 aliphatic rings. The Morgan fingerprint density at radius 3 is 0.966 bits per heavy atom. The monoisotopic (exact) mass is 2660 g/mol. The maximum Gasteiger partial charge on any atom is 0.120 e. The van der Waals surface area contributed by atoms with Crippen molar-refractivity contribution in [2.24, 2.45) is 0 Å². The van der Waals surface area contributed by atoms with E-state index in [1.807, 2.05) is 258 Å². The second-order valence-corrected chi connectivity index (χ2v) is 37.7. The van der Waals surface area contributed by atoms with E-state index in [1.165, 1.54) is 55.6 Å². The van der Waals surface area contributed by atoms with Crippen LogP contribution >= 0.6 is 0 Å². The first-order valence-corrected chi connectivity index (χ1v) is 49.2. The predicted molar refractivity (Wildman–Crippen MR) is 596 cm³/mol. The van der Waals surface area contributed by atoms with Crippen molar-refractivity contribution in [3.63, 3.8) is 0 Å². The van der Waals surface area contributed by atoms with E-state index in [-0.39, 0.29) is 80.4 Å². The molecule has 24 aromatic rings. The van der Waals surface area contributed by atoms with Crippen LogP contribution in [0.5, 0.6) is 0 Å². The van der Waals surface area contributed by atoms with Crippen molar-refractivity contribution < 1.29 is 98.1 Å². The SMILES string of the molecule is CC(C)c1cc[c-]c(-c2ccccn2)c1.CC(C)c1cc[c-]c(-c2ccccn2)c1.Cc1[c-]c(-c2cc(C)ccn2)c2oc3ccc(C)cc3c2c1.Cc1ccc(-c2[c-]cc(C)c3c2oc2ccccc23)nc1.Cc1ccc(-c2[c-]ccc(C(C)C)c2)nc1.Cc1ccc(-c2[c-]ccc3c2oc2ccccc23)nc1.Cc1ccnc(-c2[c-]ccc(C(C)C)c2)c1.Cc1ccnc(-c2[c-]ccc3c2oc2ccccc23)c1.[Ir].[Ir].[Ir].[Ir]. The molecule has 16 heteroatoms. The van der Waals surface area contributed by atoms with Crippen molar-refractivity contribution in [2.75, 3.05) is 0 Å². The summed E-state index contributed by atoms with van der Waals surface area (Å²) in [5.41, 5.74) is 38.5. The summed E-state index contributed by atoms with van der Waals surface area (Å²) in [6, 6.07) is 130. The Balaban J connectivity index is 0.000000142. The smallest absolute Gasteiger partial charge is 0.120 e. The average Bonchev–Trinajstić information content (AvgIpc) is 1.60. The summed E-state index contributed by atoms with van der Waals surface area (Å²) in [7, 11) is 0. The minimum Gasteiger partial charge on any atom is -0.501 e. The number of rotatable bonds is 12. The third-order valence-corrected chi connectivity index (χ3v) is 25.0. The number of aromatic nitrogens is 8. The Morgan fingerprint density at radius 2 is 0.550 bits per heavy atom. The van der Waals surface area contributed by atoms with Crippen molar-refractivity contribution in [1.29, 1.82) is 0 Å². The van der Waals surface area contributed by atoms with E-state index >= 15 is 0 Å². The second kappa shape index (κ2) is 52.5. The van der Waals surface area contributed by atoms with Crippen molar-refractivity contribution in [2.45, 2.75) is 141 Å². The molecule has 4 radical (unpaired) electrons. The molecule has 0 bridgehead atoms. The van der Waals surface area contributed by atoms with Crippen molar-refractivity contribution in [3.05, 3.63) is 480 Å². The van der Waals surface area contributed by atoms with Crippen LogP contribution in [0.15, 0.2) is 377 Å². The van der Waals surface area contributed by atoms with Crippen LogP contribution in [-0.2, 0) is 80.4 Å². The third-order valence-electron chi connectivity index (χ3n) is 25.0. The number of nitrogens with zero attached hydrogens (tertiary/aromatic N) is 8. The van der Waals surface area contributed by atoms with E-state index in [1.54, 1.807) is 0 Å². The summed E-state index contributed by atoms with van der Waals surface area (Å²) < 4.78 is 24.2. The Labute approximate surface area is 928 Å². The van der Waals surface area contributed by atoms with Gasteiger partial charge in [-0.25, -0.2) is 0 Å². The molecule has 12 aromatic heterocycles. The molecule has 0 saturated carbocycles. The molecular weight excluding hydrogens is 2540 g/mol. The molecule has 24 rings (SSSR count). The number of hydrogen-bond donors (Lipinski definition) is 0. The van der Waals surface area contributed by atoms with Gasteiger partial charge in [-0.1, -0.05) is 275 Å². The zero-order valence-electron chi connectivity index (χ0n) is 86.4. The molecular formula is C133H114Ir4N8O4-8. The molecule has 149 heavy (non-hydrogen) atoms. The predicted octanol–water partition coefficient (Wildman–Crippen LogP) is 35.2. The normalized spacial score (nSPS) is 10.7. The summed E-state index contributed by atoms with van der Waals surface area (Å²) in [5.74, 6) is 2.17. The third kappa shape index (κ3) is 27.8. The molecule has 0 spiro atoms. The molecule has 0 N–H and O–H groups in total. The molecule has 12 heterocycles. The van der Waals surface area contributed by atoms with E-state index in [9.17, 15) is 0 Å². The first kappa shape index (κ1) is 112. The summed E-state index contributed by atoms with van der Waals surface area (Å²) >= 11 is 0. The zero-order chi connectivity index (χ0) is 101. The molecule has 0 fully saturated rings. The first-order chi connectivity index (χ1) is 70.4. The van der Waals surface area contributed by atoms with Gasteiger partial charge in [-0.05, 0) is 195 Å². The number of para-hydroxylation sites is 3. The van der Waals surface area contributed by atoms with Gasteiger partial charge in [-0.2, -0.15) is 0 Å². The molecule has 0 aliphatic carbocycles. The van der Waals surface area contributed by atoms with E-state index in [4.69, 9.17) is 17.7 Å². The summed E-state index contributed by atoms with van der Waals surface area (Å²) in [6.45, 7) is 36.1. The van der Waals surface area contributed by atoms with Gasteiger partial charge in [-0.15, -0.1) is 213 Å². The molecule has 0 aliphatic heterocycles. The number of aryl methyl sites for hydroxylation is 9. The van der Waals surface area contributed by atoms with Crippen LogP contribution in [-0.4, -0.2) is 39.9 Å². The first-order valence-electron chi connectivity index (χ1n) is 49.2. The molecule has 0 amide bonds. The Morgan fingerprint density at radius 1 is 0.221 bits per heavy atom. The molecule has 754 valence electrons. The number of fused-ring (bicyclic) bond motifs is 12. The summed E-state index contributed by atoms with van der Waals surface area (Å²) in [5, 5.41) is 9.06. The molecule has 0 unspecified atom stereocenters. The van der Waals surface area contributed by atoms with Gasteiger partial charge in [0, 0.05) is 152 Å². The van der Waals surface area contributed by atoms with Gasteiger partial charge >= 0.3 is 0 Å². The van der Waals surface area contributed by atoms with Crippen LogP contribution in [0.2, 0.25) is 0 Å². The Kier molecular flexibility index (Phi) is 39.4. The standard InChI is InChI=1S/C20H16NO.C19H14NO.2C18H12NO.2C15H16N.2C14H14N.4Ir/c1-12-4-5-19-15(8-12)16-9-14(3)10-17(20(16)22-19)18-11-13(2)6-7-21-18;1-12-7-10-16(20-11-12)14-9-8-13(2)18-15-5-3-4-6-17(15)21-19(14)18;1-12-9-10-19-16(11-12)15-7-4-6-14-13-5-2-3-8-17(13)20-18(14)15;1-12-9-10-16(19-11-12)15-7-4-6-14-13-5-2-3-8-17(13)20-18(14)15;1-11(2)13-5-4-6-14(9-13)15-8-7-12(3)10-16-15;1-11(2)13-5-4-6-14(10-13)15-9-12(3)7-8-16-15;2*1-11(2)12-6-5-7-13(10-12)14-8-3-4-9-15-14;;;;/h4-9,11H,1-3H3;3-8,10-11H,1-2H3;2*2-6,8-11H,1H3;2*4-5,7-11H,1-3H3;2*3-6,8-11H,1-2H3;;;;/q8*-1;;;;. The van der Waals surface area contributed by atoms with Crippen LogP contribution in [0.1, 0.15) is 151 Å². The van der Waals surface area contributed by atoms with Gasteiger partial charge in [0.15, 0.2) is 0 Å². The Bertz CT molecular complexity index is 8490. The fourth-order valence-corrected chi connectivity index (χ4v) is 17.0. The number of hydrogen-bond acceptors (Lipinski definition) is 12. The maximum absolute atomic E-state index is 6.12. The number of furan rings is 4. The topological polar surface area (TPSA) is 156 Å². The molecule has 12 nitrogen and oxygen atoms in total. The maximum atomic E-state index is 6.12. The van der Waals surface area contributed by atoms with E-state index in [0.717, 1.165) is 195 Å². The van der Waals surface area contributed by atoms with Crippen molar-refractivity contribution in [3.8, 4) is 90.1 Å². The van der Waals surface area contributed by atoms with Crippen LogP contribution < -0.4 is 0 Å². The Hall–Kier alpha value is -14.4. The van der Waals surface area contributed by atoms with E-state index in [2.05, 4.69) is 307 Å². The number of pyridine rings is 8. The van der Waals surface area contributed by atoms with Gasteiger partial charge in [0.05, 0.1) is 22.3 Å². The van der Waals surface area contributed by atoms with Crippen molar-refractivity contribution >= 4 is 87.8 Å². The van der Waals surface area contributed by atoms with E-state index in [0.29, 0.717) is 23.7 Å². The summed E-state index contributed by atoms with van der Waals surface area (Å²) in [4.78, 5) is 35.4. The minimum absolute atomic E-state index is 0. The van der Waals surface area contributed by atoms with Crippen LogP contribution in [0.25, 0.3) is 178 Å². The fourth-order valence-electron chi connectivity index (χ4n) is 17.0. The summed E-state index contributed by atoms with van der Waals surface area (Å²) in [6.07, 6.45) is 14.8. The molecule has 0 atom stereocenters. The van der Waals surface area contributed by atoms with Gasteiger partial charge in [-0.3, -0.25) is 0 Å². The van der Waals surface area contributed by atoms with Gasteiger partial charge < -0.3 is 57.5 Å². The van der Waals surface area contributed by atoms with E-state index < -0.39 is 0 Å². The average molecular weight is 2660 g/mol. The van der Waals surface area contributed by atoms with Gasteiger partial charge in [0.25, 0.3) is 0 Å². The van der Waals surface area contributed by atoms with Crippen molar-refractivity contribution in [1.82, 2.24) is 39.9 Å². The largest absolute Gasteiger partial charge is 0.501 e. The van der Waals surface area contributed by atoms with Gasteiger partial charge in [0.1, 0.15) is 22.3 Å². The zero-order valence-corrected chi connectivity index (χ0v) is 96.0. The van der Waals surface area contributed by atoms with Crippen LogP contribution in [0.3, 0.4) is 0 Å². The number of benzene rings is 12. The van der Waals surface area contributed by atoms with Gasteiger partial charge in [0.2, 0.25) is 0 Å².